The SMILES string of the molecule is O=C(CCCl)N1CCC[C@]2(C[C@H](O)CCO2)C1. The molecule has 2 aliphatic rings. The Balaban J connectivity index is 1.98. The van der Waals surface area contributed by atoms with Crippen LogP contribution in [0.3, 0.4) is 0 Å². The first-order chi connectivity index (χ1) is 8.15. The number of ether oxygens (including phenoxy) is 1. The zero-order valence-corrected chi connectivity index (χ0v) is 10.8. The predicted octanol–water partition coefficient (Wildman–Crippen LogP) is 1.15. The summed E-state index contributed by atoms with van der Waals surface area (Å²) < 4.78 is 5.85. The normalized spacial score (nSPS) is 34.0. The number of carbonyl (C=O) groups is 1. The van der Waals surface area contributed by atoms with E-state index in [4.69, 9.17) is 16.3 Å². The van der Waals surface area contributed by atoms with Gasteiger partial charge in [-0.1, -0.05) is 0 Å². The molecule has 1 amide bonds. The second-order valence-electron chi connectivity index (χ2n) is 5.04. The van der Waals surface area contributed by atoms with Crippen LogP contribution in [-0.2, 0) is 9.53 Å². The van der Waals surface area contributed by atoms with Gasteiger partial charge in [0.2, 0.25) is 5.91 Å². The molecular formula is C12H20ClNO3. The van der Waals surface area contributed by atoms with Crippen molar-refractivity contribution in [1.29, 1.82) is 0 Å². The van der Waals surface area contributed by atoms with Crippen LogP contribution in [0.5, 0.6) is 0 Å². The third kappa shape index (κ3) is 3.12. The highest BCUT2D eigenvalue weighted by molar-refractivity contribution is 6.18. The van der Waals surface area contributed by atoms with Crippen molar-refractivity contribution in [2.45, 2.75) is 43.8 Å². The Morgan fingerprint density at radius 3 is 3.12 bits per heavy atom. The molecule has 0 saturated carbocycles. The zero-order chi connectivity index (χ0) is 12.3. The standard InChI is InChI=1S/C12H20ClNO3/c13-5-2-11(16)14-6-1-4-12(9-14)8-10(15)3-7-17-12/h10,15H,1-9H2/t10-,12+/m1/s1. The number of piperidine rings is 1. The first kappa shape index (κ1) is 13.1. The van der Waals surface area contributed by atoms with Crippen molar-refractivity contribution < 1.29 is 14.6 Å². The molecule has 0 unspecified atom stereocenters. The first-order valence-corrected chi connectivity index (χ1v) is 6.84. The molecule has 0 aliphatic carbocycles. The second-order valence-corrected chi connectivity index (χ2v) is 5.41. The van der Waals surface area contributed by atoms with Gasteiger partial charge in [0.05, 0.1) is 11.7 Å². The van der Waals surface area contributed by atoms with Gasteiger partial charge in [-0.2, -0.15) is 0 Å². The number of likely N-dealkylation sites (tertiary alicyclic amines) is 1. The van der Waals surface area contributed by atoms with E-state index >= 15 is 0 Å². The van der Waals surface area contributed by atoms with Crippen molar-refractivity contribution in [1.82, 2.24) is 4.90 Å². The average Bonchev–Trinajstić information content (AvgIpc) is 2.29. The number of amides is 1. The van der Waals surface area contributed by atoms with Gasteiger partial charge in [0, 0.05) is 38.4 Å². The lowest BCUT2D eigenvalue weighted by atomic mass is 9.84. The molecule has 0 aromatic carbocycles. The van der Waals surface area contributed by atoms with Gasteiger partial charge in [0.1, 0.15) is 0 Å². The minimum Gasteiger partial charge on any atom is -0.393 e. The summed E-state index contributed by atoms with van der Waals surface area (Å²) >= 11 is 5.60. The smallest absolute Gasteiger partial charge is 0.223 e. The van der Waals surface area contributed by atoms with Crippen LogP contribution < -0.4 is 0 Å². The number of nitrogens with zero attached hydrogens (tertiary/aromatic N) is 1. The molecule has 17 heavy (non-hydrogen) atoms. The van der Waals surface area contributed by atoms with Gasteiger partial charge in [0.25, 0.3) is 0 Å². The summed E-state index contributed by atoms with van der Waals surface area (Å²) in [6, 6.07) is 0. The lowest BCUT2D eigenvalue weighted by molar-refractivity contribution is -0.160. The van der Waals surface area contributed by atoms with Crippen LogP contribution in [0.25, 0.3) is 0 Å². The van der Waals surface area contributed by atoms with Gasteiger partial charge < -0.3 is 14.7 Å². The number of hydrogen-bond acceptors (Lipinski definition) is 3. The number of alkyl halides is 1. The molecule has 0 aromatic heterocycles. The van der Waals surface area contributed by atoms with E-state index in [-0.39, 0.29) is 17.6 Å². The molecule has 0 bridgehead atoms. The van der Waals surface area contributed by atoms with Gasteiger partial charge in [-0.05, 0) is 19.3 Å². The number of hydrogen-bond donors (Lipinski definition) is 1. The van der Waals surface area contributed by atoms with Crippen LogP contribution in [0.4, 0.5) is 0 Å². The number of aliphatic hydroxyl groups excluding tert-OH is 1. The van der Waals surface area contributed by atoms with Gasteiger partial charge in [-0.3, -0.25) is 4.79 Å². The Kier molecular flexibility index (Phi) is 4.28. The van der Waals surface area contributed by atoms with E-state index in [1.54, 1.807) is 0 Å². The molecule has 1 spiro atoms. The van der Waals surface area contributed by atoms with Gasteiger partial charge in [0.15, 0.2) is 0 Å². The summed E-state index contributed by atoms with van der Waals surface area (Å²) in [5.41, 5.74) is -0.308. The second kappa shape index (κ2) is 5.55. The molecule has 2 aliphatic heterocycles. The highest BCUT2D eigenvalue weighted by Crippen LogP contribution is 2.33. The molecule has 5 heteroatoms. The van der Waals surface area contributed by atoms with Crippen molar-refractivity contribution in [2.75, 3.05) is 25.6 Å². The molecule has 2 saturated heterocycles. The summed E-state index contributed by atoms with van der Waals surface area (Å²) in [6.07, 6.45) is 3.34. The largest absolute Gasteiger partial charge is 0.393 e. The van der Waals surface area contributed by atoms with Crippen LogP contribution in [-0.4, -0.2) is 53.2 Å². The van der Waals surface area contributed by atoms with Crippen molar-refractivity contribution in [3.8, 4) is 0 Å². The summed E-state index contributed by atoms with van der Waals surface area (Å²) in [4.78, 5) is 13.7. The van der Waals surface area contributed by atoms with Crippen molar-refractivity contribution in [3.63, 3.8) is 0 Å². The fourth-order valence-electron chi connectivity index (χ4n) is 2.84. The Labute approximate surface area is 107 Å². The van der Waals surface area contributed by atoms with Gasteiger partial charge in [-0.25, -0.2) is 0 Å². The Morgan fingerprint density at radius 2 is 2.41 bits per heavy atom. The first-order valence-electron chi connectivity index (χ1n) is 6.31. The minimum atomic E-state index is -0.308. The third-order valence-electron chi connectivity index (χ3n) is 3.67. The van der Waals surface area contributed by atoms with E-state index in [9.17, 15) is 9.90 Å². The fourth-order valence-corrected chi connectivity index (χ4v) is 3.00. The third-order valence-corrected chi connectivity index (χ3v) is 3.86. The number of carbonyl (C=O) groups excluding carboxylic acids is 1. The van der Waals surface area contributed by atoms with E-state index in [0.29, 0.717) is 38.3 Å². The van der Waals surface area contributed by atoms with Gasteiger partial charge >= 0.3 is 0 Å². The number of halogens is 1. The molecular weight excluding hydrogens is 242 g/mol. The monoisotopic (exact) mass is 261 g/mol. The van der Waals surface area contributed by atoms with E-state index in [2.05, 4.69) is 0 Å². The highest BCUT2D eigenvalue weighted by Gasteiger charge is 2.41. The Hall–Kier alpha value is -0.320. The van der Waals surface area contributed by atoms with Crippen molar-refractivity contribution in [2.24, 2.45) is 0 Å². The van der Waals surface area contributed by atoms with E-state index < -0.39 is 0 Å². The maximum Gasteiger partial charge on any atom is 0.223 e. The van der Waals surface area contributed by atoms with Gasteiger partial charge in [-0.15, -0.1) is 11.6 Å². The fraction of sp³-hybridized carbons (Fsp3) is 0.917. The van der Waals surface area contributed by atoms with Crippen LogP contribution in [0.2, 0.25) is 0 Å². The predicted molar refractivity (Wildman–Crippen MR) is 65.1 cm³/mol. The molecule has 2 heterocycles. The van der Waals surface area contributed by atoms with Crippen molar-refractivity contribution >= 4 is 17.5 Å². The quantitative estimate of drug-likeness (QED) is 0.759. The highest BCUT2D eigenvalue weighted by atomic mass is 35.5. The summed E-state index contributed by atoms with van der Waals surface area (Å²) in [6.45, 7) is 2.00. The topological polar surface area (TPSA) is 49.8 Å². The molecule has 2 atom stereocenters. The molecule has 2 rings (SSSR count). The summed E-state index contributed by atoms with van der Waals surface area (Å²) in [7, 11) is 0. The maximum atomic E-state index is 11.8. The molecule has 0 radical (unpaired) electrons. The number of rotatable bonds is 2. The minimum absolute atomic E-state index is 0.0998. The molecule has 0 aromatic rings. The van der Waals surface area contributed by atoms with Crippen LogP contribution in [0.15, 0.2) is 0 Å². The molecule has 2 fully saturated rings. The van der Waals surface area contributed by atoms with E-state index in [1.807, 2.05) is 4.90 Å². The molecule has 98 valence electrons. The van der Waals surface area contributed by atoms with Crippen LogP contribution in [0, 0.1) is 0 Å². The van der Waals surface area contributed by atoms with Crippen molar-refractivity contribution in [3.05, 3.63) is 0 Å². The molecule has 1 N–H and O–H groups in total. The lowest BCUT2D eigenvalue weighted by Crippen LogP contribution is -2.55. The summed E-state index contributed by atoms with van der Waals surface area (Å²) in [5, 5.41) is 9.75. The maximum absolute atomic E-state index is 11.8. The average molecular weight is 262 g/mol. The van der Waals surface area contributed by atoms with Crippen LogP contribution >= 0.6 is 11.6 Å². The van der Waals surface area contributed by atoms with E-state index in [1.165, 1.54) is 0 Å². The Morgan fingerprint density at radius 1 is 1.59 bits per heavy atom. The number of aliphatic hydroxyl groups is 1. The van der Waals surface area contributed by atoms with E-state index in [0.717, 1.165) is 19.4 Å². The van der Waals surface area contributed by atoms with Crippen LogP contribution in [0.1, 0.15) is 32.1 Å². The Bertz CT molecular complexity index is 283. The lowest BCUT2D eigenvalue weighted by Gasteiger charge is -2.46. The zero-order valence-electron chi connectivity index (χ0n) is 10.0. The summed E-state index contributed by atoms with van der Waals surface area (Å²) in [5.74, 6) is 0.467. The molecule has 4 nitrogen and oxygen atoms in total.